The third-order valence-corrected chi connectivity index (χ3v) is 2.47. The van der Waals surface area contributed by atoms with E-state index in [1.807, 2.05) is 0 Å². The lowest BCUT2D eigenvalue weighted by Crippen LogP contribution is -2.04. The second-order valence-electron chi connectivity index (χ2n) is 2.09. The van der Waals surface area contributed by atoms with Gasteiger partial charge in [0.15, 0.2) is 0 Å². The lowest BCUT2D eigenvalue weighted by atomic mass is 10.2. The predicted octanol–water partition coefficient (Wildman–Crippen LogP) is 4.41. The molecule has 0 aromatic heterocycles. The molecule has 0 fully saturated rings. The zero-order chi connectivity index (χ0) is 9.35. The highest BCUT2D eigenvalue weighted by Gasteiger charge is 2.28. The van der Waals surface area contributed by atoms with E-state index in [9.17, 15) is 4.39 Å². The molecule has 66 valence electrons. The van der Waals surface area contributed by atoms with Crippen molar-refractivity contribution in [2.24, 2.45) is 0 Å². The Balaban J connectivity index is 3.31. The number of hydrogen-bond donors (Lipinski definition) is 0. The van der Waals surface area contributed by atoms with Crippen LogP contribution in [0.15, 0.2) is 22.7 Å². The average Bonchev–Trinajstić information content (AvgIpc) is 1.82. The van der Waals surface area contributed by atoms with Crippen LogP contribution in [0.5, 0.6) is 0 Å². The van der Waals surface area contributed by atoms with Crippen LogP contribution in [0.25, 0.3) is 0 Å². The molecular formula is C7H3BrCl3F. The number of hydrogen-bond acceptors (Lipinski definition) is 0. The van der Waals surface area contributed by atoms with Crippen LogP contribution in [0.2, 0.25) is 0 Å². The van der Waals surface area contributed by atoms with E-state index in [1.54, 1.807) is 6.07 Å². The van der Waals surface area contributed by atoms with Gasteiger partial charge in [-0.2, -0.15) is 0 Å². The van der Waals surface area contributed by atoms with Crippen LogP contribution in [0, 0.1) is 5.82 Å². The van der Waals surface area contributed by atoms with Crippen molar-refractivity contribution in [2.45, 2.75) is 3.79 Å². The van der Waals surface area contributed by atoms with Crippen LogP contribution in [-0.2, 0) is 3.79 Å². The lowest BCUT2D eigenvalue weighted by molar-refractivity contribution is 0.611. The van der Waals surface area contributed by atoms with Crippen LogP contribution < -0.4 is 0 Å². The molecule has 0 unspecified atom stereocenters. The normalized spacial score (nSPS) is 11.8. The van der Waals surface area contributed by atoms with Gasteiger partial charge in [-0.3, -0.25) is 0 Å². The van der Waals surface area contributed by atoms with Crippen LogP contribution in [-0.4, -0.2) is 0 Å². The Bertz CT molecular complexity index is 275. The summed E-state index contributed by atoms with van der Waals surface area (Å²) in [5.41, 5.74) is 0.0370. The van der Waals surface area contributed by atoms with Crippen molar-refractivity contribution < 1.29 is 4.39 Å². The maximum atomic E-state index is 13.1. The molecule has 0 bridgehead atoms. The van der Waals surface area contributed by atoms with Crippen LogP contribution in [0.1, 0.15) is 5.56 Å². The minimum atomic E-state index is -1.73. The molecule has 0 heterocycles. The van der Waals surface area contributed by atoms with E-state index in [1.165, 1.54) is 12.1 Å². The first-order valence-electron chi connectivity index (χ1n) is 2.94. The van der Waals surface area contributed by atoms with Crippen molar-refractivity contribution in [2.75, 3.05) is 0 Å². The largest absolute Gasteiger partial charge is 0.219 e. The van der Waals surface area contributed by atoms with Gasteiger partial charge in [0.2, 0.25) is 3.79 Å². The molecule has 5 heteroatoms. The summed E-state index contributed by atoms with van der Waals surface area (Å²) in [4.78, 5) is 0. The molecular weight excluding hydrogens is 289 g/mol. The molecule has 0 saturated carbocycles. The van der Waals surface area contributed by atoms with E-state index in [0.717, 1.165) is 0 Å². The molecule has 0 saturated heterocycles. The third kappa shape index (κ3) is 2.25. The summed E-state index contributed by atoms with van der Waals surface area (Å²) in [5, 5.41) is 0. The second-order valence-corrected chi connectivity index (χ2v) is 5.23. The van der Waals surface area contributed by atoms with E-state index < -0.39 is 9.61 Å². The van der Waals surface area contributed by atoms with Gasteiger partial charge in [-0.05, 0) is 12.1 Å². The highest BCUT2D eigenvalue weighted by Crippen LogP contribution is 2.42. The zero-order valence-corrected chi connectivity index (χ0v) is 9.48. The number of rotatable bonds is 0. The Morgan fingerprint density at radius 3 is 2.17 bits per heavy atom. The van der Waals surface area contributed by atoms with Crippen molar-refractivity contribution in [3.63, 3.8) is 0 Å². The van der Waals surface area contributed by atoms with Crippen molar-refractivity contribution in [3.8, 4) is 0 Å². The monoisotopic (exact) mass is 290 g/mol. The maximum absolute atomic E-state index is 13.1. The molecule has 0 aliphatic rings. The van der Waals surface area contributed by atoms with Gasteiger partial charge in [-0.15, -0.1) is 0 Å². The molecule has 0 aliphatic carbocycles. The molecule has 0 atom stereocenters. The van der Waals surface area contributed by atoms with Crippen molar-refractivity contribution >= 4 is 50.7 Å². The van der Waals surface area contributed by atoms with Crippen molar-refractivity contribution in [1.82, 2.24) is 0 Å². The van der Waals surface area contributed by atoms with Crippen molar-refractivity contribution in [3.05, 3.63) is 34.1 Å². The SMILES string of the molecule is Fc1cccc(Br)c1C(Cl)(Cl)Cl. The molecule has 0 nitrogen and oxygen atoms in total. The smallest absolute Gasteiger partial charge is 0.206 e. The highest BCUT2D eigenvalue weighted by atomic mass is 79.9. The van der Waals surface area contributed by atoms with E-state index in [0.29, 0.717) is 4.47 Å². The van der Waals surface area contributed by atoms with Crippen LogP contribution >= 0.6 is 50.7 Å². The minimum absolute atomic E-state index is 0.0370. The Morgan fingerprint density at radius 2 is 1.83 bits per heavy atom. The summed E-state index contributed by atoms with van der Waals surface area (Å²) in [6.07, 6.45) is 0. The van der Waals surface area contributed by atoms with E-state index >= 15 is 0 Å². The Morgan fingerprint density at radius 1 is 1.25 bits per heavy atom. The summed E-state index contributed by atoms with van der Waals surface area (Å²) in [7, 11) is 0. The fourth-order valence-corrected chi connectivity index (χ4v) is 2.33. The number of alkyl halides is 3. The Kier molecular flexibility index (Phi) is 3.27. The van der Waals surface area contributed by atoms with Crippen LogP contribution in [0.4, 0.5) is 4.39 Å². The van der Waals surface area contributed by atoms with Crippen LogP contribution in [0.3, 0.4) is 0 Å². The van der Waals surface area contributed by atoms with E-state index in [4.69, 9.17) is 34.8 Å². The van der Waals surface area contributed by atoms with E-state index in [-0.39, 0.29) is 5.56 Å². The molecule has 12 heavy (non-hydrogen) atoms. The number of benzene rings is 1. The van der Waals surface area contributed by atoms with Gasteiger partial charge in [0.05, 0.1) is 5.56 Å². The molecule has 0 amide bonds. The van der Waals surface area contributed by atoms with Gasteiger partial charge < -0.3 is 0 Å². The van der Waals surface area contributed by atoms with Gasteiger partial charge in [0, 0.05) is 4.47 Å². The van der Waals surface area contributed by atoms with Gasteiger partial charge in [-0.1, -0.05) is 56.8 Å². The molecule has 0 radical (unpaired) electrons. The van der Waals surface area contributed by atoms with Gasteiger partial charge in [0.1, 0.15) is 5.82 Å². The number of halogens is 5. The van der Waals surface area contributed by atoms with Gasteiger partial charge in [-0.25, -0.2) is 4.39 Å². The molecule has 0 aliphatic heterocycles. The van der Waals surface area contributed by atoms with Crippen molar-refractivity contribution in [1.29, 1.82) is 0 Å². The summed E-state index contributed by atoms with van der Waals surface area (Å²) in [6, 6.07) is 4.38. The van der Waals surface area contributed by atoms with Gasteiger partial charge >= 0.3 is 0 Å². The Labute approximate surface area is 92.7 Å². The average molecular weight is 292 g/mol. The third-order valence-electron chi connectivity index (χ3n) is 1.25. The second kappa shape index (κ2) is 3.70. The standard InChI is InChI=1S/C7H3BrCl3F/c8-4-2-1-3-5(12)6(4)7(9,10)11/h1-3H. The molecule has 1 rings (SSSR count). The summed E-state index contributed by atoms with van der Waals surface area (Å²) < 4.78 is 11.8. The van der Waals surface area contributed by atoms with E-state index in [2.05, 4.69) is 15.9 Å². The fraction of sp³-hybridized carbons (Fsp3) is 0.143. The fourth-order valence-electron chi connectivity index (χ4n) is 0.769. The molecule has 1 aromatic rings. The maximum Gasteiger partial charge on any atom is 0.219 e. The lowest BCUT2D eigenvalue weighted by Gasteiger charge is -2.13. The summed E-state index contributed by atoms with van der Waals surface area (Å²) >= 11 is 19.7. The highest BCUT2D eigenvalue weighted by molar-refractivity contribution is 9.10. The topological polar surface area (TPSA) is 0 Å². The molecule has 0 spiro atoms. The first kappa shape index (κ1) is 10.6. The quantitative estimate of drug-likeness (QED) is 0.621. The first-order chi connectivity index (χ1) is 5.43. The predicted molar refractivity (Wildman–Crippen MR) is 53.3 cm³/mol. The Hall–Kier alpha value is 0.500. The zero-order valence-electron chi connectivity index (χ0n) is 5.62. The molecule has 0 N–H and O–H groups in total. The molecule has 1 aromatic carbocycles. The summed E-state index contributed by atoms with van der Waals surface area (Å²) in [6.45, 7) is 0. The minimum Gasteiger partial charge on any atom is -0.206 e. The van der Waals surface area contributed by atoms with Gasteiger partial charge in [0.25, 0.3) is 0 Å². The first-order valence-corrected chi connectivity index (χ1v) is 4.87. The summed E-state index contributed by atoms with van der Waals surface area (Å²) in [5.74, 6) is -0.538.